The third-order valence-electron chi connectivity index (χ3n) is 7.36. The second-order valence-corrected chi connectivity index (χ2v) is 12.1. The zero-order chi connectivity index (χ0) is 28.0. The number of aliphatic carboxylic acids is 1. The molecule has 0 amide bonds. The number of piperidine rings is 1. The summed E-state index contributed by atoms with van der Waals surface area (Å²) in [5.74, 6) is 0.0252. The summed E-state index contributed by atoms with van der Waals surface area (Å²) in [6.07, 6.45) is 4.37. The largest absolute Gasteiger partial charge is 0.490 e. The minimum Gasteiger partial charge on any atom is -0.490 e. The smallest absolute Gasteiger partial charge is 0.322 e. The number of halogens is 1. The second kappa shape index (κ2) is 14.2. The number of carboxylic acids is 1. The molecule has 2 unspecified atom stereocenters. The molecule has 0 spiro atoms. The van der Waals surface area contributed by atoms with Gasteiger partial charge in [0, 0.05) is 30.6 Å². The van der Waals surface area contributed by atoms with E-state index in [-0.39, 0.29) is 29.8 Å². The fourth-order valence-corrected chi connectivity index (χ4v) is 6.74. The maximum atomic E-state index is 13.4. The first-order chi connectivity index (χ1) is 18.7. The van der Waals surface area contributed by atoms with Crippen LogP contribution in [0.1, 0.15) is 38.2 Å². The predicted molar refractivity (Wildman–Crippen MR) is 162 cm³/mol. The van der Waals surface area contributed by atoms with Crippen molar-refractivity contribution in [3.63, 3.8) is 0 Å². The molecular weight excluding hydrogens is 550 g/mol. The molecule has 1 saturated heterocycles. The molecule has 2 atom stereocenters. The fourth-order valence-electron chi connectivity index (χ4n) is 5.33. The lowest BCUT2D eigenvalue weighted by Gasteiger charge is -2.31. The molecule has 40 heavy (non-hydrogen) atoms. The lowest BCUT2D eigenvalue weighted by atomic mass is 9.89. The highest BCUT2D eigenvalue weighted by Crippen LogP contribution is 2.30. The van der Waals surface area contributed by atoms with Gasteiger partial charge in [-0.05, 0) is 74.5 Å². The van der Waals surface area contributed by atoms with E-state index in [4.69, 9.17) is 4.74 Å². The number of ether oxygens (including phenoxy) is 1. The first kappa shape index (κ1) is 31.7. The van der Waals surface area contributed by atoms with Crippen LogP contribution in [0.2, 0.25) is 0 Å². The number of nitrogens with zero attached hydrogens (tertiary/aromatic N) is 1. The Hall–Kier alpha value is -2.85. The Labute approximate surface area is 243 Å². The number of fused-ring (bicyclic) bond motifs is 1. The summed E-state index contributed by atoms with van der Waals surface area (Å²) < 4.78 is 35.6. The van der Waals surface area contributed by atoms with Crippen LogP contribution >= 0.6 is 12.4 Å². The van der Waals surface area contributed by atoms with Crippen molar-refractivity contribution >= 4 is 44.9 Å². The minimum atomic E-state index is -4.12. The Morgan fingerprint density at radius 3 is 2.33 bits per heavy atom. The summed E-state index contributed by atoms with van der Waals surface area (Å²) in [6.45, 7) is 4.18. The number of sulfonamides is 1. The van der Waals surface area contributed by atoms with Crippen LogP contribution in [0.25, 0.3) is 10.8 Å². The van der Waals surface area contributed by atoms with Crippen molar-refractivity contribution in [3.8, 4) is 5.75 Å². The molecule has 3 N–H and O–H groups in total. The maximum absolute atomic E-state index is 13.4. The zero-order valence-electron chi connectivity index (χ0n) is 23.3. The van der Waals surface area contributed by atoms with Crippen molar-refractivity contribution in [1.82, 2.24) is 10.0 Å². The van der Waals surface area contributed by atoms with Gasteiger partial charge in [0.1, 0.15) is 17.9 Å². The van der Waals surface area contributed by atoms with Gasteiger partial charge in [-0.15, -0.1) is 12.4 Å². The van der Waals surface area contributed by atoms with Crippen molar-refractivity contribution in [2.75, 3.05) is 32.1 Å². The quantitative estimate of drug-likeness (QED) is 0.277. The molecule has 0 radical (unpaired) electrons. The molecular formula is C30H40ClN3O5S. The second-order valence-electron chi connectivity index (χ2n) is 10.4. The van der Waals surface area contributed by atoms with Gasteiger partial charge in [0.15, 0.2) is 0 Å². The Balaban J connectivity index is 0.00000441. The van der Waals surface area contributed by atoms with Crippen LogP contribution in [0, 0.1) is 5.92 Å². The molecule has 0 aromatic heterocycles. The van der Waals surface area contributed by atoms with Crippen molar-refractivity contribution < 1.29 is 23.1 Å². The summed E-state index contributed by atoms with van der Waals surface area (Å²) in [4.78, 5) is 14.1. The van der Waals surface area contributed by atoms with E-state index in [1.165, 1.54) is 6.07 Å². The van der Waals surface area contributed by atoms with Crippen molar-refractivity contribution in [1.29, 1.82) is 0 Å². The van der Waals surface area contributed by atoms with Gasteiger partial charge in [0.2, 0.25) is 10.0 Å². The van der Waals surface area contributed by atoms with Gasteiger partial charge < -0.3 is 20.1 Å². The van der Waals surface area contributed by atoms with Gasteiger partial charge in [-0.1, -0.05) is 49.7 Å². The molecule has 3 aromatic carbocycles. The molecule has 8 nitrogen and oxygen atoms in total. The lowest BCUT2D eigenvalue weighted by Crippen LogP contribution is -2.42. The van der Waals surface area contributed by atoms with Crippen LogP contribution in [-0.4, -0.2) is 58.8 Å². The molecule has 1 fully saturated rings. The van der Waals surface area contributed by atoms with E-state index in [1.807, 2.05) is 55.4 Å². The number of carboxylic acid groups (broad SMARTS) is 1. The molecule has 1 heterocycles. The van der Waals surface area contributed by atoms with E-state index in [0.29, 0.717) is 16.9 Å². The monoisotopic (exact) mass is 589 g/mol. The molecule has 4 rings (SSSR count). The molecule has 0 bridgehead atoms. The molecule has 3 aromatic rings. The van der Waals surface area contributed by atoms with Gasteiger partial charge >= 0.3 is 5.97 Å². The highest BCUT2D eigenvalue weighted by Gasteiger charge is 2.28. The first-order valence-electron chi connectivity index (χ1n) is 13.6. The standard InChI is InChI=1S/C30H39N3O5S.ClH/c1-4-7-28(22-16-18-31-19-17-22)38-23-14-12-21(13-15-23)20-26(30(34)35)32-39(36,37)29-11-6-8-24-25(29)9-5-10-27(24)33(2)3;/h5-6,8-15,22,26,28,31-32H,4,7,16-20H2,1-3H3,(H,34,35);1H. The molecule has 0 aliphatic carbocycles. The SMILES string of the molecule is CCCC(Oc1ccc(CC(NS(=O)(=O)c2cccc3c(N(C)C)cccc23)C(=O)O)cc1)C1CCNCC1.Cl. The highest BCUT2D eigenvalue weighted by atomic mass is 35.5. The molecule has 1 aliphatic heterocycles. The van der Waals surface area contributed by atoms with Crippen LogP contribution in [0.15, 0.2) is 65.6 Å². The normalized spacial score (nSPS) is 15.7. The third kappa shape index (κ3) is 7.66. The number of anilines is 1. The van der Waals surface area contributed by atoms with Crippen LogP contribution in [0.5, 0.6) is 5.75 Å². The zero-order valence-corrected chi connectivity index (χ0v) is 24.9. The van der Waals surface area contributed by atoms with E-state index in [0.717, 1.165) is 55.6 Å². The van der Waals surface area contributed by atoms with Gasteiger partial charge in [0.05, 0.1) is 4.90 Å². The van der Waals surface area contributed by atoms with E-state index < -0.39 is 22.0 Å². The number of nitrogens with one attached hydrogen (secondary N) is 2. The Morgan fingerprint density at radius 2 is 1.70 bits per heavy atom. The van der Waals surface area contributed by atoms with E-state index in [2.05, 4.69) is 17.0 Å². The maximum Gasteiger partial charge on any atom is 0.322 e. The number of hydrogen-bond donors (Lipinski definition) is 3. The van der Waals surface area contributed by atoms with E-state index in [1.54, 1.807) is 18.2 Å². The summed E-state index contributed by atoms with van der Waals surface area (Å²) in [5.41, 5.74) is 1.59. The van der Waals surface area contributed by atoms with Gasteiger partial charge in [0.25, 0.3) is 0 Å². The highest BCUT2D eigenvalue weighted by molar-refractivity contribution is 7.89. The molecule has 1 aliphatic rings. The lowest BCUT2D eigenvalue weighted by molar-refractivity contribution is -0.138. The summed E-state index contributed by atoms with van der Waals surface area (Å²) in [7, 11) is -0.333. The van der Waals surface area contributed by atoms with Crippen molar-refractivity contribution in [3.05, 3.63) is 66.2 Å². The summed E-state index contributed by atoms with van der Waals surface area (Å²) in [6, 6.07) is 16.5. The third-order valence-corrected chi connectivity index (χ3v) is 8.89. The van der Waals surface area contributed by atoms with Crippen molar-refractivity contribution in [2.24, 2.45) is 5.92 Å². The molecule has 10 heteroatoms. The van der Waals surface area contributed by atoms with Crippen LogP contribution in [0.3, 0.4) is 0 Å². The molecule has 218 valence electrons. The Bertz CT molecular complexity index is 1380. The van der Waals surface area contributed by atoms with Gasteiger partial charge in [-0.2, -0.15) is 4.72 Å². The van der Waals surface area contributed by atoms with Gasteiger partial charge in [-0.3, -0.25) is 4.79 Å². The first-order valence-corrected chi connectivity index (χ1v) is 15.1. The van der Waals surface area contributed by atoms with Crippen LogP contribution < -0.4 is 19.7 Å². The average molecular weight is 590 g/mol. The number of benzene rings is 3. The summed E-state index contributed by atoms with van der Waals surface area (Å²) >= 11 is 0. The number of hydrogen-bond acceptors (Lipinski definition) is 6. The van der Waals surface area contributed by atoms with Crippen LogP contribution in [-0.2, 0) is 21.2 Å². The number of carbonyl (C=O) groups is 1. The fraction of sp³-hybridized carbons (Fsp3) is 0.433. The molecule has 0 saturated carbocycles. The Kier molecular flexibility index (Phi) is 11.2. The number of rotatable bonds is 12. The van der Waals surface area contributed by atoms with E-state index in [9.17, 15) is 18.3 Å². The van der Waals surface area contributed by atoms with E-state index >= 15 is 0 Å². The Morgan fingerprint density at radius 1 is 1.05 bits per heavy atom. The summed E-state index contributed by atoms with van der Waals surface area (Å²) in [5, 5.41) is 14.6. The average Bonchev–Trinajstić information content (AvgIpc) is 2.93. The topological polar surface area (TPSA) is 108 Å². The minimum absolute atomic E-state index is 0. The van der Waals surface area contributed by atoms with Gasteiger partial charge in [-0.25, -0.2) is 8.42 Å². The predicted octanol–water partition coefficient (Wildman–Crippen LogP) is 4.85. The van der Waals surface area contributed by atoms with Crippen molar-refractivity contribution in [2.45, 2.75) is 56.1 Å². The van der Waals surface area contributed by atoms with Crippen LogP contribution in [0.4, 0.5) is 5.69 Å².